The van der Waals surface area contributed by atoms with E-state index in [0.29, 0.717) is 5.69 Å². The van der Waals surface area contributed by atoms with Gasteiger partial charge in [0.15, 0.2) is 0 Å². The van der Waals surface area contributed by atoms with Gasteiger partial charge in [-0.05, 0) is 29.4 Å². The van der Waals surface area contributed by atoms with Gasteiger partial charge in [-0.3, -0.25) is 0 Å². The van der Waals surface area contributed by atoms with Crippen molar-refractivity contribution in [3.05, 3.63) is 24.0 Å². The molecule has 1 aromatic heterocycles. The first kappa shape index (κ1) is 15.1. The Labute approximate surface area is 86.5 Å². The van der Waals surface area contributed by atoms with Crippen LogP contribution in [0.25, 0.3) is 12.2 Å². The lowest BCUT2D eigenvalue weighted by atomic mass is 10.3. The average molecular weight is 196 g/mol. The van der Waals surface area contributed by atoms with Crippen molar-refractivity contribution >= 4 is 12.2 Å². The minimum atomic E-state index is 0.679. The van der Waals surface area contributed by atoms with Gasteiger partial charge >= 0.3 is 0 Å². The van der Waals surface area contributed by atoms with Crippen molar-refractivity contribution in [2.24, 2.45) is 0 Å². The smallest absolute Gasteiger partial charge is 0.134 e. The third-order valence-corrected chi connectivity index (χ3v) is 1.06. The minimum Gasteiger partial charge on any atom is -0.243 e. The molecule has 0 fully saturated rings. The lowest BCUT2D eigenvalue weighted by molar-refractivity contribution is 0.305. The van der Waals surface area contributed by atoms with Gasteiger partial charge in [0.2, 0.25) is 0 Å². The monoisotopic (exact) mass is 196 g/mol. The zero-order chi connectivity index (χ0) is 11.4. The minimum absolute atomic E-state index is 0.679. The van der Waals surface area contributed by atoms with Crippen molar-refractivity contribution in [3.63, 3.8) is 0 Å². The molecule has 0 saturated carbocycles. The molecule has 0 aliphatic carbocycles. The fourth-order valence-corrected chi connectivity index (χ4v) is 0.617. The molecule has 1 aromatic rings. The molecule has 0 amide bonds. The van der Waals surface area contributed by atoms with E-state index < -0.39 is 0 Å². The van der Waals surface area contributed by atoms with Crippen LogP contribution in [0.2, 0.25) is 0 Å². The van der Waals surface area contributed by atoms with E-state index in [1.807, 2.05) is 46.8 Å². The molecule has 14 heavy (non-hydrogen) atoms. The van der Waals surface area contributed by atoms with Crippen LogP contribution in [0.5, 0.6) is 0 Å². The molecule has 80 valence electrons. The van der Waals surface area contributed by atoms with Crippen LogP contribution in [0.4, 0.5) is 0 Å². The fourth-order valence-electron chi connectivity index (χ4n) is 0.617. The Bertz CT molecular complexity index is 252. The molecule has 0 N–H and O–H groups in total. The van der Waals surface area contributed by atoms with Crippen LogP contribution >= 0.6 is 0 Å². The molecule has 0 spiro atoms. The lowest BCUT2D eigenvalue weighted by Gasteiger charge is -1.79. The maximum absolute atomic E-state index is 4.47. The molecule has 0 aliphatic heterocycles. The Morgan fingerprint density at radius 1 is 1.07 bits per heavy atom. The Hall–Kier alpha value is -1.38. The quantitative estimate of drug-likeness (QED) is 0.722. The first-order valence-electron chi connectivity index (χ1n) is 4.96. The Morgan fingerprint density at radius 2 is 1.57 bits per heavy atom. The molecular weight excluding hydrogens is 176 g/mol. The molecule has 3 nitrogen and oxygen atoms in total. The van der Waals surface area contributed by atoms with Crippen LogP contribution in [0.1, 0.15) is 46.0 Å². The van der Waals surface area contributed by atoms with Gasteiger partial charge in [-0.1, -0.05) is 40.3 Å². The summed E-state index contributed by atoms with van der Waals surface area (Å²) in [6.45, 7) is 13.5. The highest BCUT2D eigenvalue weighted by atomic mass is 16.6. The summed E-state index contributed by atoms with van der Waals surface area (Å²) in [5.41, 5.74) is 1.40. The Kier molecular flexibility index (Phi) is 12.5. The average Bonchev–Trinajstić information content (AvgIpc) is 2.72. The highest BCUT2D eigenvalue weighted by Crippen LogP contribution is 2.05. The molecule has 0 bridgehead atoms. The van der Waals surface area contributed by atoms with E-state index in [1.165, 1.54) is 0 Å². The normalized spacial score (nSPS) is 8.36. The summed E-state index contributed by atoms with van der Waals surface area (Å²) in [7, 11) is 0. The maximum Gasteiger partial charge on any atom is 0.134 e. The lowest BCUT2D eigenvalue weighted by Crippen LogP contribution is -1.74. The third-order valence-electron chi connectivity index (χ3n) is 1.06. The van der Waals surface area contributed by atoms with Crippen LogP contribution < -0.4 is 0 Å². The standard InChI is InChI=1S/C7H8N2O.2C2H6/c1-3-5-7-6(4-2)8-10-9-7;2*1-2/h3-5H,2H2,1H3;2*1-2H3/b5-3-;;. The molecule has 0 unspecified atom stereocenters. The molecule has 0 saturated heterocycles. The Morgan fingerprint density at radius 3 is 2.00 bits per heavy atom. The van der Waals surface area contributed by atoms with E-state index in [0.717, 1.165) is 5.69 Å². The van der Waals surface area contributed by atoms with Gasteiger partial charge < -0.3 is 0 Å². The van der Waals surface area contributed by atoms with E-state index in [-0.39, 0.29) is 0 Å². The predicted octanol–water partition coefficient (Wildman–Crippen LogP) is 3.80. The SMILES string of the molecule is C=Cc1nonc1/C=C\C.CC.CC. The van der Waals surface area contributed by atoms with Gasteiger partial charge in [0.1, 0.15) is 11.4 Å². The fraction of sp³-hybridized carbons (Fsp3) is 0.455. The first-order valence-corrected chi connectivity index (χ1v) is 4.96. The largest absolute Gasteiger partial charge is 0.243 e. The topological polar surface area (TPSA) is 38.9 Å². The third kappa shape index (κ3) is 5.30. The molecule has 0 aromatic carbocycles. The molecule has 0 atom stereocenters. The predicted molar refractivity (Wildman–Crippen MR) is 61.8 cm³/mol. The van der Waals surface area contributed by atoms with Gasteiger partial charge in [0, 0.05) is 0 Å². The second-order valence-corrected chi connectivity index (χ2v) is 1.74. The second-order valence-electron chi connectivity index (χ2n) is 1.74. The van der Waals surface area contributed by atoms with E-state index in [9.17, 15) is 0 Å². The van der Waals surface area contributed by atoms with Crippen LogP contribution in [-0.4, -0.2) is 10.3 Å². The van der Waals surface area contributed by atoms with Gasteiger partial charge in [0.05, 0.1) is 0 Å². The number of rotatable bonds is 2. The van der Waals surface area contributed by atoms with Crippen LogP contribution in [0, 0.1) is 0 Å². The summed E-state index contributed by atoms with van der Waals surface area (Å²) in [4.78, 5) is 0. The molecule has 3 heteroatoms. The summed E-state index contributed by atoms with van der Waals surface area (Å²) in [6.07, 6.45) is 5.28. The zero-order valence-corrected chi connectivity index (χ0v) is 9.74. The highest BCUT2D eigenvalue weighted by molar-refractivity contribution is 5.56. The Balaban J connectivity index is 0. The zero-order valence-electron chi connectivity index (χ0n) is 9.74. The summed E-state index contributed by atoms with van der Waals surface area (Å²) >= 11 is 0. The maximum atomic E-state index is 4.47. The molecule has 0 radical (unpaired) electrons. The molecular formula is C11H20N2O. The van der Waals surface area contributed by atoms with Crippen molar-refractivity contribution < 1.29 is 4.63 Å². The van der Waals surface area contributed by atoms with E-state index in [4.69, 9.17) is 0 Å². The van der Waals surface area contributed by atoms with Crippen LogP contribution in [-0.2, 0) is 0 Å². The van der Waals surface area contributed by atoms with E-state index >= 15 is 0 Å². The van der Waals surface area contributed by atoms with Gasteiger partial charge in [-0.25, -0.2) is 4.63 Å². The van der Waals surface area contributed by atoms with Gasteiger partial charge in [-0.15, -0.1) is 0 Å². The molecule has 1 heterocycles. The van der Waals surface area contributed by atoms with Crippen molar-refractivity contribution in [2.45, 2.75) is 34.6 Å². The van der Waals surface area contributed by atoms with Gasteiger partial charge in [-0.2, -0.15) is 0 Å². The van der Waals surface area contributed by atoms with Crippen molar-refractivity contribution in [1.82, 2.24) is 10.3 Å². The van der Waals surface area contributed by atoms with E-state index in [1.54, 1.807) is 6.08 Å². The molecule has 0 aliphatic rings. The van der Waals surface area contributed by atoms with Crippen molar-refractivity contribution in [2.75, 3.05) is 0 Å². The summed E-state index contributed by atoms with van der Waals surface area (Å²) < 4.78 is 4.47. The number of hydrogen-bond donors (Lipinski definition) is 0. The summed E-state index contributed by atoms with van der Waals surface area (Å²) in [5.74, 6) is 0. The van der Waals surface area contributed by atoms with E-state index in [2.05, 4.69) is 21.5 Å². The second kappa shape index (κ2) is 11.6. The summed E-state index contributed by atoms with van der Waals surface area (Å²) in [6, 6.07) is 0. The first-order chi connectivity index (χ1) is 6.88. The highest BCUT2D eigenvalue weighted by Gasteiger charge is 1.99. The van der Waals surface area contributed by atoms with Crippen molar-refractivity contribution in [3.8, 4) is 0 Å². The van der Waals surface area contributed by atoms with Gasteiger partial charge in [0.25, 0.3) is 0 Å². The number of aromatic nitrogens is 2. The van der Waals surface area contributed by atoms with Crippen LogP contribution in [0.3, 0.4) is 0 Å². The number of nitrogens with zero attached hydrogens (tertiary/aromatic N) is 2. The molecule has 1 rings (SSSR count). The van der Waals surface area contributed by atoms with Crippen LogP contribution in [0.15, 0.2) is 17.3 Å². The number of hydrogen-bond acceptors (Lipinski definition) is 3. The number of allylic oxidation sites excluding steroid dienone is 1. The van der Waals surface area contributed by atoms with Crippen molar-refractivity contribution in [1.29, 1.82) is 0 Å². The summed E-state index contributed by atoms with van der Waals surface area (Å²) in [5, 5.41) is 7.23.